The van der Waals surface area contributed by atoms with E-state index in [-0.39, 0.29) is 6.61 Å². The van der Waals surface area contributed by atoms with Crippen LogP contribution in [-0.4, -0.2) is 44.0 Å². The van der Waals surface area contributed by atoms with Crippen LogP contribution in [0.4, 0.5) is 0 Å². The number of sulfonamides is 1. The van der Waals surface area contributed by atoms with Gasteiger partial charge in [0.2, 0.25) is 10.0 Å². The van der Waals surface area contributed by atoms with Gasteiger partial charge in [0.15, 0.2) is 0 Å². The van der Waals surface area contributed by atoms with Crippen molar-refractivity contribution in [3.05, 3.63) is 0 Å². The molecular weight excluding hydrogens is 222 g/mol. The molecule has 7 heteroatoms. The third-order valence-electron chi connectivity index (χ3n) is 2.27. The maximum atomic E-state index is 11.6. The highest BCUT2D eigenvalue weighted by Gasteiger charge is 2.30. The minimum atomic E-state index is -3.58. The Labute approximate surface area is 88.7 Å². The van der Waals surface area contributed by atoms with Crippen molar-refractivity contribution in [1.82, 2.24) is 4.72 Å². The molecule has 1 aliphatic heterocycles. The molecule has 1 unspecified atom stereocenters. The fourth-order valence-electron chi connectivity index (χ4n) is 1.35. The molecule has 0 saturated carbocycles. The van der Waals surface area contributed by atoms with Crippen LogP contribution in [-0.2, 0) is 19.6 Å². The quantitative estimate of drug-likeness (QED) is 0.691. The zero-order chi connectivity index (χ0) is 11.5. The summed E-state index contributed by atoms with van der Waals surface area (Å²) >= 11 is 0. The Balaban J connectivity index is 2.61. The molecule has 0 radical (unpaired) electrons. The first kappa shape index (κ1) is 12.4. The minimum Gasteiger partial charge on any atom is -0.480 e. The topological polar surface area (TPSA) is 92.7 Å². The largest absolute Gasteiger partial charge is 0.480 e. The van der Waals surface area contributed by atoms with Crippen LogP contribution < -0.4 is 4.72 Å². The highest BCUT2D eigenvalue weighted by atomic mass is 32.2. The van der Waals surface area contributed by atoms with Crippen molar-refractivity contribution >= 4 is 16.0 Å². The number of hydrogen-bond donors (Lipinski definition) is 2. The summed E-state index contributed by atoms with van der Waals surface area (Å²) in [6.45, 7) is 2.01. The summed E-state index contributed by atoms with van der Waals surface area (Å²) in [5.74, 6) is -1.18. The molecule has 15 heavy (non-hydrogen) atoms. The standard InChI is InChI=1S/C8H15NO5S/c1-6(8(10)11)9-15(12,13)7-3-2-4-14-5-7/h6-7,9H,2-5H2,1H3,(H,10,11)/t6-,7?/m1/s1. The Morgan fingerprint density at radius 2 is 2.27 bits per heavy atom. The SMILES string of the molecule is C[C@@H](NS(=O)(=O)C1CCCOC1)C(=O)O. The van der Waals surface area contributed by atoms with Crippen LogP contribution in [0.5, 0.6) is 0 Å². The summed E-state index contributed by atoms with van der Waals surface area (Å²) in [7, 11) is -3.58. The molecule has 0 aromatic carbocycles. The lowest BCUT2D eigenvalue weighted by Crippen LogP contribution is -2.45. The predicted octanol–water partition coefficient (Wildman–Crippen LogP) is -0.442. The lowest BCUT2D eigenvalue weighted by atomic mass is 10.2. The molecule has 0 aliphatic carbocycles. The van der Waals surface area contributed by atoms with Crippen LogP contribution in [0.25, 0.3) is 0 Å². The number of carboxylic acid groups (broad SMARTS) is 1. The molecule has 1 rings (SSSR count). The van der Waals surface area contributed by atoms with Crippen molar-refractivity contribution in [2.75, 3.05) is 13.2 Å². The molecular formula is C8H15NO5S. The van der Waals surface area contributed by atoms with Crippen molar-refractivity contribution in [3.8, 4) is 0 Å². The summed E-state index contributed by atoms with van der Waals surface area (Å²) in [6, 6.07) is -1.10. The zero-order valence-corrected chi connectivity index (χ0v) is 9.29. The fourth-order valence-corrected chi connectivity index (χ4v) is 2.89. The van der Waals surface area contributed by atoms with E-state index in [1.54, 1.807) is 0 Å². The molecule has 88 valence electrons. The van der Waals surface area contributed by atoms with E-state index >= 15 is 0 Å². The first-order chi connectivity index (χ1) is 6.93. The molecule has 1 saturated heterocycles. The number of rotatable bonds is 4. The van der Waals surface area contributed by atoms with Crippen molar-refractivity contribution < 1.29 is 23.1 Å². The number of carboxylic acids is 1. The van der Waals surface area contributed by atoms with Crippen LogP contribution in [0.1, 0.15) is 19.8 Å². The fraction of sp³-hybridized carbons (Fsp3) is 0.875. The number of hydrogen-bond acceptors (Lipinski definition) is 4. The maximum Gasteiger partial charge on any atom is 0.321 e. The molecule has 1 heterocycles. The van der Waals surface area contributed by atoms with E-state index in [4.69, 9.17) is 9.84 Å². The second kappa shape index (κ2) is 4.91. The molecule has 2 atom stereocenters. The smallest absolute Gasteiger partial charge is 0.321 e. The molecule has 0 spiro atoms. The lowest BCUT2D eigenvalue weighted by molar-refractivity contribution is -0.138. The molecule has 0 amide bonds. The number of carbonyl (C=O) groups is 1. The Kier molecular flexibility index (Phi) is 4.06. The average Bonchev–Trinajstić information content (AvgIpc) is 2.18. The Hall–Kier alpha value is -0.660. The highest BCUT2D eigenvalue weighted by molar-refractivity contribution is 7.90. The molecule has 1 aliphatic rings. The van der Waals surface area contributed by atoms with Gasteiger partial charge in [0, 0.05) is 6.61 Å². The summed E-state index contributed by atoms with van der Waals surface area (Å²) in [5.41, 5.74) is 0. The molecule has 6 nitrogen and oxygen atoms in total. The number of nitrogens with one attached hydrogen (secondary N) is 1. The van der Waals surface area contributed by atoms with E-state index in [9.17, 15) is 13.2 Å². The normalized spacial score (nSPS) is 24.7. The number of ether oxygens (including phenoxy) is 1. The van der Waals surface area contributed by atoms with E-state index in [1.165, 1.54) is 6.92 Å². The van der Waals surface area contributed by atoms with E-state index in [1.807, 2.05) is 0 Å². The third kappa shape index (κ3) is 3.44. The van der Waals surface area contributed by atoms with Crippen LogP contribution in [0.15, 0.2) is 0 Å². The lowest BCUT2D eigenvalue weighted by Gasteiger charge is -2.23. The molecule has 0 aromatic heterocycles. The third-order valence-corrected chi connectivity index (χ3v) is 4.20. The van der Waals surface area contributed by atoms with Gasteiger partial charge in [-0.3, -0.25) is 4.79 Å². The highest BCUT2D eigenvalue weighted by Crippen LogP contribution is 2.13. The predicted molar refractivity (Wildman–Crippen MR) is 53.0 cm³/mol. The van der Waals surface area contributed by atoms with Crippen molar-refractivity contribution in [2.45, 2.75) is 31.1 Å². The minimum absolute atomic E-state index is 0.141. The van der Waals surface area contributed by atoms with E-state index in [0.29, 0.717) is 19.4 Å². The van der Waals surface area contributed by atoms with Crippen molar-refractivity contribution in [1.29, 1.82) is 0 Å². The molecule has 0 bridgehead atoms. The van der Waals surface area contributed by atoms with Gasteiger partial charge in [0.05, 0.1) is 11.9 Å². The van der Waals surface area contributed by atoms with Crippen LogP contribution in [0.3, 0.4) is 0 Å². The van der Waals surface area contributed by atoms with Gasteiger partial charge in [-0.2, -0.15) is 0 Å². The van der Waals surface area contributed by atoms with Crippen LogP contribution in [0, 0.1) is 0 Å². The second-order valence-electron chi connectivity index (χ2n) is 3.56. The Bertz CT molecular complexity index is 320. The van der Waals surface area contributed by atoms with Gasteiger partial charge in [0.25, 0.3) is 0 Å². The first-order valence-corrected chi connectivity index (χ1v) is 6.30. The van der Waals surface area contributed by atoms with Crippen LogP contribution in [0.2, 0.25) is 0 Å². The van der Waals surface area contributed by atoms with Crippen LogP contribution >= 0.6 is 0 Å². The summed E-state index contributed by atoms with van der Waals surface area (Å²) in [6.07, 6.45) is 1.20. The van der Waals surface area contributed by atoms with Gasteiger partial charge < -0.3 is 9.84 Å². The van der Waals surface area contributed by atoms with Gasteiger partial charge in [-0.15, -0.1) is 0 Å². The summed E-state index contributed by atoms with van der Waals surface area (Å²) in [4.78, 5) is 10.5. The molecule has 2 N–H and O–H groups in total. The maximum absolute atomic E-state index is 11.6. The number of aliphatic carboxylic acids is 1. The average molecular weight is 237 g/mol. The van der Waals surface area contributed by atoms with Gasteiger partial charge in [-0.25, -0.2) is 13.1 Å². The monoisotopic (exact) mass is 237 g/mol. The van der Waals surface area contributed by atoms with E-state index < -0.39 is 27.3 Å². The summed E-state index contributed by atoms with van der Waals surface area (Å²) < 4.78 is 30.5. The first-order valence-electron chi connectivity index (χ1n) is 4.75. The zero-order valence-electron chi connectivity index (χ0n) is 8.47. The van der Waals surface area contributed by atoms with Gasteiger partial charge in [0.1, 0.15) is 6.04 Å². The van der Waals surface area contributed by atoms with Gasteiger partial charge in [-0.1, -0.05) is 0 Å². The van der Waals surface area contributed by atoms with Gasteiger partial charge in [-0.05, 0) is 19.8 Å². The summed E-state index contributed by atoms with van der Waals surface area (Å²) in [5, 5.41) is 7.95. The Morgan fingerprint density at radius 3 is 2.73 bits per heavy atom. The Morgan fingerprint density at radius 1 is 1.60 bits per heavy atom. The van der Waals surface area contributed by atoms with Gasteiger partial charge >= 0.3 is 5.97 Å². The second-order valence-corrected chi connectivity index (χ2v) is 5.55. The van der Waals surface area contributed by atoms with Crippen molar-refractivity contribution in [3.63, 3.8) is 0 Å². The van der Waals surface area contributed by atoms with E-state index in [2.05, 4.69) is 4.72 Å². The molecule has 1 fully saturated rings. The molecule has 0 aromatic rings. The van der Waals surface area contributed by atoms with E-state index in [0.717, 1.165) is 0 Å². The van der Waals surface area contributed by atoms with Crippen molar-refractivity contribution in [2.24, 2.45) is 0 Å².